The molecular weight excluding hydrogens is 554 g/mol. The molecule has 5 rings (SSSR count). The zero-order chi connectivity index (χ0) is 29.4. The Morgan fingerprint density at radius 2 is 1.93 bits per heavy atom. The molecule has 0 radical (unpaired) electrons. The van der Waals surface area contributed by atoms with E-state index in [1.165, 1.54) is 36.5 Å². The summed E-state index contributed by atoms with van der Waals surface area (Å²) in [6.45, 7) is 3.36. The first-order valence-electron chi connectivity index (χ1n) is 12.6. The van der Waals surface area contributed by atoms with Crippen LogP contribution < -0.4 is 4.72 Å². The van der Waals surface area contributed by atoms with Crippen molar-refractivity contribution in [1.29, 1.82) is 0 Å². The number of benzene rings is 2. The highest BCUT2D eigenvalue weighted by molar-refractivity contribution is 7.92. The Morgan fingerprint density at radius 3 is 2.61 bits per heavy atom. The summed E-state index contributed by atoms with van der Waals surface area (Å²) < 4.78 is 68.2. The molecule has 41 heavy (non-hydrogen) atoms. The van der Waals surface area contributed by atoms with Crippen molar-refractivity contribution in [2.45, 2.75) is 30.6 Å². The predicted molar refractivity (Wildman–Crippen MR) is 146 cm³/mol. The number of amides is 1. The lowest BCUT2D eigenvalue weighted by Gasteiger charge is -2.37. The molecule has 2 aromatic heterocycles. The standard InChI is InChI=1S/C29H26F2N4O5S/c1-18-19(2)33-40-26(18)34-41(37,38)25-9-5-4-8-22(25)29(12-6-7-21(16-29)27-32-13-14-39-27)17-35(3)28(36)20-10-11-23(30)24(31)15-20/h4-11,13-16,34H,12,17H2,1-3H3. The van der Waals surface area contributed by atoms with E-state index in [4.69, 9.17) is 8.94 Å². The Kier molecular flexibility index (Phi) is 7.35. The van der Waals surface area contributed by atoms with Crippen molar-refractivity contribution in [2.24, 2.45) is 0 Å². The molecule has 0 spiro atoms. The lowest BCUT2D eigenvalue weighted by Crippen LogP contribution is -2.42. The number of hydrogen-bond acceptors (Lipinski definition) is 7. The molecule has 2 aromatic carbocycles. The molecule has 1 amide bonds. The number of halogens is 2. The molecule has 1 unspecified atom stereocenters. The Labute approximate surface area is 235 Å². The Morgan fingerprint density at radius 1 is 1.15 bits per heavy atom. The lowest BCUT2D eigenvalue weighted by atomic mass is 9.73. The van der Waals surface area contributed by atoms with Gasteiger partial charge in [0.05, 0.1) is 16.8 Å². The average Bonchev–Trinajstić information content (AvgIpc) is 3.61. The van der Waals surface area contributed by atoms with Crippen LogP contribution in [0, 0.1) is 25.5 Å². The van der Waals surface area contributed by atoms with Gasteiger partial charge in [0.25, 0.3) is 15.9 Å². The summed E-state index contributed by atoms with van der Waals surface area (Å²) in [6, 6.07) is 9.35. The summed E-state index contributed by atoms with van der Waals surface area (Å²) in [7, 11) is -2.69. The summed E-state index contributed by atoms with van der Waals surface area (Å²) in [5, 5.41) is 3.83. The zero-order valence-electron chi connectivity index (χ0n) is 22.4. The summed E-state index contributed by atoms with van der Waals surface area (Å²) in [5.41, 5.74) is 0.907. The van der Waals surface area contributed by atoms with Gasteiger partial charge in [-0.15, -0.1) is 0 Å². The second kappa shape index (κ2) is 10.8. The number of nitrogens with one attached hydrogen (secondary N) is 1. The van der Waals surface area contributed by atoms with Gasteiger partial charge in [0.15, 0.2) is 11.6 Å². The van der Waals surface area contributed by atoms with E-state index >= 15 is 0 Å². The van der Waals surface area contributed by atoms with Crippen molar-refractivity contribution in [3.63, 3.8) is 0 Å². The molecule has 0 aliphatic heterocycles. The number of anilines is 1. The molecule has 1 N–H and O–H groups in total. The van der Waals surface area contributed by atoms with Gasteiger partial charge >= 0.3 is 0 Å². The second-order valence-electron chi connectivity index (χ2n) is 9.81. The van der Waals surface area contributed by atoms with E-state index in [1.807, 2.05) is 12.2 Å². The zero-order valence-corrected chi connectivity index (χ0v) is 23.2. The van der Waals surface area contributed by atoms with Crippen LogP contribution in [0.15, 0.2) is 87.0 Å². The monoisotopic (exact) mass is 580 g/mol. The van der Waals surface area contributed by atoms with E-state index in [-0.39, 0.29) is 22.9 Å². The first-order chi connectivity index (χ1) is 19.5. The molecule has 0 saturated heterocycles. The fourth-order valence-corrected chi connectivity index (χ4v) is 6.19. The average molecular weight is 581 g/mol. The maximum atomic E-state index is 13.9. The molecule has 1 aliphatic carbocycles. The minimum absolute atomic E-state index is 0.00320. The summed E-state index contributed by atoms with van der Waals surface area (Å²) in [4.78, 5) is 18.9. The number of allylic oxidation sites excluding steroid dienone is 3. The summed E-state index contributed by atoms with van der Waals surface area (Å²) in [6.07, 6.45) is 8.67. The fraction of sp³-hybridized carbons (Fsp3) is 0.207. The van der Waals surface area contributed by atoms with Crippen LogP contribution >= 0.6 is 0 Å². The number of sulfonamides is 1. The van der Waals surface area contributed by atoms with Gasteiger partial charge in [-0.25, -0.2) is 26.9 Å². The van der Waals surface area contributed by atoms with Crippen molar-refractivity contribution < 1.29 is 30.9 Å². The van der Waals surface area contributed by atoms with E-state index in [9.17, 15) is 22.0 Å². The summed E-state index contributed by atoms with van der Waals surface area (Å²) >= 11 is 0. The van der Waals surface area contributed by atoms with Crippen LogP contribution in [0.25, 0.3) is 5.57 Å². The van der Waals surface area contributed by atoms with Crippen LogP contribution in [0.4, 0.5) is 14.7 Å². The van der Waals surface area contributed by atoms with E-state index in [0.717, 1.165) is 12.1 Å². The number of oxazole rings is 1. The number of likely N-dealkylation sites (N-methyl/N-ethyl adjacent to an activating group) is 1. The topological polar surface area (TPSA) is 119 Å². The van der Waals surface area contributed by atoms with Gasteiger partial charge in [-0.1, -0.05) is 41.6 Å². The van der Waals surface area contributed by atoms with Gasteiger partial charge in [0.2, 0.25) is 11.8 Å². The summed E-state index contributed by atoms with van der Waals surface area (Å²) in [5.74, 6) is -2.48. The van der Waals surface area contributed by atoms with Gasteiger partial charge in [-0.2, -0.15) is 0 Å². The minimum Gasteiger partial charge on any atom is -0.445 e. The molecule has 1 aliphatic rings. The first-order valence-corrected chi connectivity index (χ1v) is 14.0. The van der Waals surface area contributed by atoms with E-state index < -0.39 is 33.0 Å². The smallest absolute Gasteiger partial charge is 0.264 e. The highest BCUT2D eigenvalue weighted by atomic mass is 32.2. The van der Waals surface area contributed by atoms with Gasteiger partial charge in [-0.05, 0) is 50.1 Å². The van der Waals surface area contributed by atoms with Crippen LogP contribution in [-0.2, 0) is 15.4 Å². The largest absolute Gasteiger partial charge is 0.445 e. The third kappa shape index (κ3) is 5.42. The molecule has 0 bridgehead atoms. The van der Waals surface area contributed by atoms with Crippen LogP contribution in [0.5, 0.6) is 0 Å². The maximum absolute atomic E-state index is 13.9. The molecule has 12 heteroatoms. The Hall–Kier alpha value is -4.58. The molecular formula is C29H26F2N4O5S. The molecule has 0 fully saturated rings. The SMILES string of the molecule is Cc1noc(NS(=O)(=O)c2ccccc2C2(CN(C)C(=O)c3ccc(F)c(F)c3)C=C(c3ncco3)C=CC2)c1C. The normalized spacial score (nSPS) is 16.9. The fourth-order valence-electron chi connectivity index (χ4n) is 4.83. The van der Waals surface area contributed by atoms with Crippen molar-refractivity contribution >= 4 is 27.4 Å². The van der Waals surface area contributed by atoms with Gasteiger partial charge in [0.1, 0.15) is 6.26 Å². The van der Waals surface area contributed by atoms with E-state index in [2.05, 4.69) is 14.9 Å². The molecule has 0 saturated carbocycles. The number of aryl methyl sites for hydroxylation is 1. The van der Waals surface area contributed by atoms with Crippen LogP contribution in [0.2, 0.25) is 0 Å². The second-order valence-corrected chi connectivity index (χ2v) is 11.5. The number of rotatable bonds is 8. The van der Waals surface area contributed by atoms with E-state index in [1.54, 1.807) is 38.1 Å². The molecule has 2 heterocycles. The predicted octanol–water partition coefficient (Wildman–Crippen LogP) is 5.41. The van der Waals surface area contributed by atoms with Crippen molar-refractivity contribution in [3.05, 3.63) is 113 Å². The maximum Gasteiger partial charge on any atom is 0.264 e. The number of nitrogens with zero attached hydrogens (tertiary/aromatic N) is 3. The third-order valence-electron chi connectivity index (χ3n) is 7.02. The molecule has 1 atom stereocenters. The quantitative estimate of drug-likeness (QED) is 0.296. The minimum atomic E-state index is -4.20. The van der Waals surface area contributed by atoms with Crippen LogP contribution in [0.1, 0.15) is 39.5 Å². The van der Waals surface area contributed by atoms with Gasteiger partial charge in [-0.3, -0.25) is 4.79 Å². The van der Waals surface area contributed by atoms with E-state index in [0.29, 0.717) is 34.7 Å². The number of carbonyl (C=O) groups excluding carboxylic acids is 1. The first kappa shape index (κ1) is 28.0. The number of carbonyl (C=O) groups is 1. The molecule has 9 nitrogen and oxygen atoms in total. The van der Waals surface area contributed by atoms with Crippen molar-refractivity contribution in [3.8, 4) is 0 Å². The molecule has 212 valence electrons. The van der Waals surface area contributed by atoms with Crippen LogP contribution in [0.3, 0.4) is 0 Å². The van der Waals surface area contributed by atoms with Crippen LogP contribution in [-0.4, -0.2) is 43.0 Å². The van der Waals surface area contributed by atoms with Gasteiger partial charge < -0.3 is 13.8 Å². The molecule has 4 aromatic rings. The number of aromatic nitrogens is 2. The van der Waals surface area contributed by atoms with Crippen molar-refractivity contribution in [1.82, 2.24) is 15.0 Å². The van der Waals surface area contributed by atoms with Gasteiger partial charge in [0, 0.05) is 35.7 Å². The number of hydrogen-bond donors (Lipinski definition) is 1. The lowest BCUT2D eigenvalue weighted by molar-refractivity contribution is 0.0770. The van der Waals surface area contributed by atoms with Crippen molar-refractivity contribution in [2.75, 3.05) is 18.3 Å². The highest BCUT2D eigenvalue weighted by Crippen LogP contribution is 2.41. The third-order valence-corrected chi connectivity index (χ3v) is 8.41. The Balaban J connectivity index is 1.61. The Bertz CT molecular complexity index is 1780. The highest BCUT2D eigenvalue weighted by Gasteiger charge is 2.39.